The van der Waals surface area contributed by atoms with Crippen LogP contribution in [0.5, 0.6) is 0 Å². The molecule has 6 rings (SSSR count). The number of nitrogens with zero attached hydrogens (tertiary/aromatic N) is 6. The Labute approximate surface area is 202 Å². The topological polar surface area (TPSA) is 112 Å². The van der Waals surface area contributed by atoms with E-state index < -0.39 is 5.97 Å². The van der Waals surface area contributed by atoms with Crippen LogP contribution < -0.4 is 10.2 Å². The van der Waals surface area contributed by atoms with E-state index in [1.807, 2.05) is 0 Å². The van der Waals surface area contributed by atoms with Gasteiger partial charge in [-0.2, -0.15) is 5.10 Å². The number of piperazine rings is 1. The quantitative estimate of drug-likeness (QED) is 0.431. The summed E-state index contributed by atoms with van der Waals surface area (Å²) in [6.07, 6.45) is 6.95. The van der Waals surface area contributed by atoms with Crippen LogP contribution in [0.1, 0.15) is 37.2 Å². The summed E-state index contributed by atoms with van der Waals surface area (Å²) in [5.74, 6) is -0.711. The minimum Gasteiger partial charge on any atom is -0.475 e. The van der Waals surface area contributed by atoms with Gasteiger partial charge in [0.1, 0.15) is 12.6 Å². The number of rotatable bonds is 6. The molecule has 5 heterocycles. The van der Waals surface area contributed by atoms with E-state index in [9.17, 15) is 4.79 Å². The predicted molar refractivity (Wildman–Crippen MR) is 131 cm³/mol. The molecule has 2 atom stereocenters. The highest BCUT2D eigenvalue weighted by Crippen LogP contribution is 2.36. The van der Waals surface area contributed by atoms with Gasteiger partial charge in [-0.05, 0) is 51.0 Å². The van der Waals surface area contributed by atoms with Crippen LogP contribution in [0.15, 0.2) is 53.5 Å². The van der Waals surface area contributed by atoms with Crippen molar-refractivity contribution in [1.29, 1.82) is 0 Å². The lowest BCUT2D eigenvalue weighted by atomic mass is 10.1. The van der Waals surface area contributed by atoms with Crippen molar-refractivity contribution < 1.29 is 14.3 Å². The van der Waals surface area contributed by atoms with Crippen LogP contribution in [0.2, 0.25) is 0 Å². The van der Waals surface area contributed by atoms with Crippen LogP contribution in [-0.2, 0) is 0 Å². The fourth-order valence-electron chi connectivity index (χ4n) is 5.32. The van der Waals surface area contributed by atoms with Crippen molar-refractivity contribution in [2.75, 3.05) is 23.3 Å². The Morgan fingerprint density at radius 2 is 1.89 bits per heavy atom. The van der Waals surface area contributed by atoms with E-state index in [0.717, 1.165) is 18.8 Å². The summed E-state index contributed by atoms with van der Waals surface area (Å²) in [6, 6.07) is 11.7. The van der Waals surface area contributed by atoms with Crippen molar-refractivity contribution in [3.63, 3.8) is 0 Å². The molecule has 10 nitrogen and oxygen atoms in total. The van der Waals surface area contributed by atoms with Crippen molar-refractivity contribution in [3.8, 4) is 11.3 Å². The third-order valence-electron chi connectivity index (χ3n) is 7.08. The van der Waals surface area contributed by atoms with E-state index in [1.54, 1.807) is 10.7 Å². The lowest BCUT2D eigenvalue weighted by Gasteiger charge is -2.44. The van der Waals surface area contributed by atoms with E-state index in [4.69, 9.17) is 9.52 Å². The first-order valence-corrected chi connectivity index (χ1v) is 11.9. The summed E-state index contributed by atoms with van der Waals surface area (Å²) in [5.41, 5.74) is 3.85. The minimum absolute atomic E-state index is 0.144. The van der Waals surface area contributed by atoms with Crippen molar-refractivity contribution in [2.45, 2.75) is 44.8 Å². The number of hydrogen-bond acceptors (Lipinski definition) is 8. The van der Waals surface area contributed by atoms with Gasteiger partial charge in [-0.15, -0.1) is 0 Å². The molecular formula is C25H27N7O3. The molecule has 0 radical (unpaired) electrons. The highest BCUT2D eigenvalue weighted by atomic mass is 16.4. The number of benzene rings is 1. The average Bonchev–Trinajstić information content (AvgIpc) is 3.58. The number of carbonyl (C=O) groups is 1. The Bertz CT molecular complexity index is 1360. The van der Waals surface area contributed by atoms with Gasteiger partial charge in [0.05, 0.1) is 11.9 Å². The fourth-order valence-corrected chi connectivity index (χ4v) is 5.32. The summed E-state index contributed by atoms with van der Waals surface area (Å²) in [5, 5.41) is 16.8. The zero-order valence-electron chi connectivity index (χ0n) is 19.6. The van der Waals surface area contributed by atoms with Gasteiger partial charge in [0, 0.05) is 54.2 Å². The Balaban J connectivity index is 1.23. The maximum Gasteiger partial charge on any atom is 0.371 e. The molecule has 2 aliphatic heterocycles. The first-order chi connectivity index (χ1) is 17.0. The van der Waals surface area contributed by atoms with Gasteiger partial charge in [0.25, 0.3) is 0 Å². The normalized spacial score (nSPS) is 20.1. The number of nitrogens with one attached hydrogen (secondary N) is 1. The first kappa shape index (κ1) is 21.6. The second-order valence-corrected chi connectivity index (χ2v) is 9.50. The first-order valence-electron chi connectivity index (χ1n) is 11.9. The average molecular weight is 474 g/mol. The fraction of sp³-hybridized carbons (Fsp3) is 0.360. The lowest BCUT2D eigenvalue weighted by molar-refractivity contribution is 0.0662. The zero-order valence-corrected chi connectivity index (χ0v) is 19.6. The molecule has 180 valence electrons. The van der Waals surface area contributed by atoms with E-state index in [1.165, 1.54) is 37.2 Å². The van der Waals surface area contributed by atoms with E-state index in [2.05, 4.69) is 68.3 Å². The van der Waals surface area contributed by atoms with Crippen molar-refractivity contribution in [3.05, 3.63) is 54.9 Å². The minimum atomic E-state index is -1.13. The van der Waals surface area contributed by atoms with Crippen LogP contribution in [-0.4, -0.2) is 66.8 Å². The maximum atomic E-state index is 11.2. The highest BCUT2D eigenvalue weighted by Gasteiger charge is 2.40. The van der Waals surface area contributed by atoms with Gasteiger partial charge >= 0.3 is 5.97 Å². The van der Waals surface area contributed by atoms with Gasteiger partial charge in [0.2, 0.25) is 5.76 Å². The van der Waals surface area contributed by atoms with Crippen LogP contribution in [0.25, 0.3) is 16.9 Å². The molecule has 3 aromatic heterocycles. The molecule has 2 N–H and O–H groups in total. The summed E-state index contributed by atoms with van der Waals surface area (Å²) in [7, 11) is 0. The Morgan fingerprint density at radius 3 is 2.54 bits per heavy atom. The molecule has 35 heavy (non-hydrogen) atoms. The Morgan fingerprint density at radius 1 is 1.14 bits per heavy atom. The molecule has 4 aromatic rings. The number of hydrogen-bond donors (Lipinski definition) is 2. The molecule has 1 aromatic carbocycles. The maximum absolute atomic E-state index is 11.2. The monoisotopic (exact) mass is 473 g/mol. The van der Waals surface area contributed by atoms with Gasteiger partial charge in [0.15, 0.2) is 11.5 Å². The molecule has 2 bridgehead atoms. The number of carboxylic acid groups (broad SMARTS) is 1. The second-order valence-electron chi connectivity index (χ2n) is 9.50. The molecular weight excluding hydrogens is 446 g/mol. The lowest BCUT2D eigenvalue weighted by Crippen LogP contribution is -2.55. The van der Waals surface area contributed by atoms with Crippen molar-refractivity contribution in [2.24, 2.45) is 0 Å². The van der Waals surface area contributed by atoms with Gasteiger partial charge < -0.3 is 19.7 Å². The van der Waals surface area contributed by atoms with Gasteiger partial charge in [-0.3, -0.25) is 4.90 Å². The van der Waals surface area contributed by atoms with Crippen LogP contribution >= 0.6 is 0 Å². The summed E-state index contributed by atoms with van der Waals surface area (Å²) < 4.78 is 6.74. The van der Waals surface area contributed by atoms with Gasteiger partial charge in [-0.25, -0.2) is 19.3 Å². The molecule has 0 saturated carbocycles. The molecule has 0 spiro atoms. The van der Waals surface area contributed by atoms with Crippen LogP contribution in [0.3, 0.4) is 0 Å². The Hall–Kier alpha value is -3.92. The van der Waals surface area contributed by atoms with E-state index in [0.29, 0.717) is 40.8 Å². The number of furan rings is 1. The Kier molecular flexibility index (Phi) is 5.18. The smallest absolute Gasteiger partial charge is 0.371 e. The van der Waals surface area contributed by atoms with E-state index >= 15 is 0 Å². The number of aromatic carboxylic acids is 1. The van der Waals surface area contributed by atoms with Gasteiger partial charge in [-0.1, -0.05) is 0 Å². The third-order valence-corrected chi connectivity index (χ3v) is 7.08. The number of carboxylic acids is 1. The number of likely N-dealkylation sites (tertiary alicyclic amines) is 1. The molecule has 2 aliphatic rings. The molecule has 2 unspecified atom stereocenters. The summed E-state index contributed by atoms with van der Waals surface area (Å²) in [6.45, 7) is 6.82. The molecule has 0 aliphatic carbocycles. The highest BCUT2D eigenvalue weighted by molar-refractivity contribution is 5.86. The van der Waals surface area contributed by atoms with Crippen LogP contribution in [0.4, 0.5) is 17.2 Å². The van der Waals surface area contributed by atoms with Crippen molar-refractivity contribution >= 4 is 28.8 Å². The number of anilines is 3. The van der Waals surface area contributed by atoms with Crippen molar-refractivity contribution in [1.82, 2.24) is 24.5 Å². The van der Waals surface area contributed by atoms with Crippen LogP contribution in [0, 0.1) is 0 Å². The summed E-state index contributed by atoms with van der Waals surface area (Å²) >= 11 is 0. The SMILES string of the molecule is CC(C)N1CC2CCC(C1)N2c1ccc(Nc2ncc(-c3coc(C(=O)O)c3)n3ncnc23)cc1. The second kappa shape index (κ2) is 8.38. The predicted octanol–water partition coefficient (Wildman–Crippen LogP) is 3.89. The zero-order chi connectivity index (χ0) is 24.1. The largest absolute Gasteiger partial charge is 0.475 e. The number of fused-ring (bicyclic) bond motifs is 3. The third kappa shape index (κ3) is 3.79. The van der Waals surface area contributed by atoms with E-state index in [-0.39, 0.29) is 5.76 Å². The standard InChI is InChI=1S/C25H27N7O3/c1-15(2)30-11-19-7-8-20(12-30)31(19)18-5-3-17(4-6-18)29-23-24-27-14-28-32(24)21(10-26-23)16-9-22(25(33)34)35-13-16/h3-6,9-10,13-15,19-20H,7-8,11-12H2,1-2H3,(H,26,29)(H,33,34). The molecule has 2 fully saturated rings. The molecule has 10 heteroatoms. The molecule has 0 amide bonds. The summed E-state index contributed by atoms with van der Waals surface area (Å²) in [4.78, 5) is 25.2. The number of aromatic nitrogens is 4. The molecule has 2 saturated heterocycles.